The van der Waals surface area contributed by atoms with Gasteiger partial charge in [-0.1, -0.05) is 44.5 Å². The predicted molar refractivity (Wildman–Crippen MR) is 253 cm³/mol. The Bertz CT molecular complexity index is 2780. The molecule has 2 fully saturated rings. The van der Waals surface area contributed by atoms with Crippen LogP contribution in [0.3, 0.4) is 0 Å². The van der Waals surface area contributed by atoms with Crippen LogP contribution in [0.1, 0.15) is 109 Å². The topological polar surface area (TPSA) is 145 Å². The maximum atomic E-state index is 13.8. The van der Waals surface area contributed by atoms with Crippen LogP contribution in [0.25, 0.3) is 39.4 Å². The van der Waals surface area contributed by atoms with E-state index in [4.69, 9.17) is 20.8 Å². The number of pyridine rings is 1. The molecule has 7 heterocycles. The molecule has 4 aliphatic rings. The Balaban J connectivity index is 0.969. The van der Waals surface area contributed by atoms with Crippen molar-refractivity contribution >= 4 is 33.9 Å². The molecule has 0 bridgehead atoms. The standard InChI is InChI=1S/C51H57N11O/c1-9-10-25-60-29-42(38-20-23-53-47(38)33(60)5)44-27-43(35-15-16-35)58-48(59-44)39-21-24-54-49-40(39)22-26-61(49)51(7,8)34(6)57-37(28-55-52)18-17-36-12-11-13-41-46(36)32(4)62(50(41)63)45-19-14-30(2)56-31(45)3/h9,11-13,20-24,26-29,34-35,45,53,55-57H,1-5,10,14-19,25,52H2,6-8H3/b37-28-. The number of rotatable bonds is 15. The van der Waals surface area contributed by atoms with E-state index in [0.717, 1.165) is 117 Å². The van der Waals surface area contributed by atoms with Crippen LogP contribution in [0.4, 0.5) is 0 Å². The lowest BCUT2D eigenvalue weighted by molar-refractivity contribution is 0.0809. The lowest BCUT2D eigenvalue weighted by atomic mass is 9.94. The number of nitrogens with two attached hydrogens (primary N) is 1. The van der Waals surface area contributed by atoms with E-state index < -0.39 is 5.54 Å². The molecule has 1 aromatic carbocycles. The quantitative estimate of drug-likeness (QED) is 0.0397. The van der Waals surface area contributed by atoms with Crippen LogP contribution in [-0.4, -0.2) is 58.8 Å². The molecule has 9 rings (SSSR count). The van der Waals surface area contributed by atoms with Crippen molar-refractivity contribution in [2.75, 3.05) is 6.54 Å². The number of aryl methyl sites for hydroxylation is 1. The van der Waals surface area contributed by atoms with Crippen LogP contribution >= 0.6 is 0 Å². The Labute approximate surface area is 369 Å². The average Bonchev–Trinajstić information content (AvgIpc) is 3.73. The summed E-state index contributed by atoms with van der Waals surface area (Å²) in [6.07, 6.45) is 17.8. The van der Waals surface area contributed by atoms with Crippen LogP contribution in [-0.2, 0) is 12.0 Å². The van der Waals surface area contributed by atoms with Gasteiger partial charge >= 0.3 is 0 Å². The molecule has 5 aromatic rings. The average molecular weight is 840 g/mol. The summed E-state index contributed by atoms with van der Waals surface area (Å²) in [4.78, 5) is 36.7. The number of hydrogen-bond donors (Lipinski definition) is 5. The van der Waals surface area contributed by atoms with Crippen molar-refractivity contribution in [3.8, 4) is 11.4 Å². The van der Waals surface area contributed by atoms with Crippen molar-refractivity contribution in [3.63, 3.8) is 0 Å². The van der Waals surface area contributed by atoms with Crippen LogP contribution in [0.2, 0.25) is 0 Å². The van der Waals surface area contributed by atoms with Crippen molar-refractivity contribution in [2.24, 2.45) is 5.84 Å². The minimum absolute atomic E-state index is 0.0432. The molecule has 2 atom stereocenters. The zero-order valence-electron chi connectivity index (χ0n) is 36.6. The van der Waals surface area contributed by atoms with Crippen molar-refractivity contribution < 1.29 is 4.79 Å². The summed E-state index contributed by atoms with van der Waals surface area (Å²) in [5.74, 6) is 6.99. The van der Waals surface area contributed by atoms with Gasteiger partial charge in [0, 0.05) is 111 Å². The zero-order valence-corrected chi connectivity index (χ0v) is 36.6. The number of carbonyl (C=O) groups is 1. The third-order valence-corrected chi connectivity index (χ3v) is 13.3. The molecule has 1 saturated carbocycles. The summed E-state index contributed by atoms with van der Waals surface area (Å²) in [7, 11) is 0. The Morgan fingerprint density at radius 1 is 1.05 bits per heavy atom. The lowest BCUT2D eigenvalue weighted by Gasteiger charge is -2.36. The van der Waals surface area contributed by atoms with Crippen molar-refractivity contribution in [3.05, 3.63) is 169 Å². The fourth-order valence-corrected chi connectivity index (χ4v) is 9.32. The van der Waals surface area contributed by atoms with Crippen molar-refractivity contribution in [1.29, 1.82) is 0 Å². The summed E-state index contributed by atoms with van der Waals surface area (Å²) in [6.45, 7) is 28.4. The molecule has 12 heteroatoms. The molecule has 3 aliphatic heterocycles. The number of hydrogen-bond acceptors (Lipinski definition) is 9. The van der Waals surface area contributed by atoms with Crippen LogP contribution in [0.5, 0.6) is 0 Å². The number of allylic oxidation sites excluding steroid dienone is 2. The third-order valence-electron chi connectivity index (χ3n) is 13.3. The number of aromatic amines is 1. The molecule has 1 aliphatic carbocycles. The van der Waals surface area contributed by atoms with E-state index in [2.05, 4.69) is 121 Å². The van der Waals surface area contributed by atoms with Gasteiger partial charge in [0.1, 0.15) is 5.65 Å². The minimum Gasteiger partial charge on any atom is -0.382 e. The molecular weight excluding hydrogens is 783 g/mol. The second-order valence-corrected chi connectivity index (χ2v) is 17.7. The van der Waals surface area contributed by atoms with E-state index in [1.165, 1.54) is 0 Å². The van der Waals surface area contributed by atoms with Crippen LogP contribution < -0.4 is 21.9 Å². The number of nitrogens with zero attached hydrogens (tertiary/aromatic N) is 6. The fraction of sp³-hybridized carbons (Fsp3) is 0.294. The van der Waals surface area contributed by atoms with Gasteiger partial charge in [-0.05, 0) is 102 Å². The van der Waals surface area contributed by atoms with E-state index in [1.807, 2.05) is 42.9 Å². The highest BCUT2D eigenvalue weighted by Gasteiger charge is 2.40. The molecule has 6 N–H and O–H groups in total. The van der Waals surface area contributed by atoms with E-state index in [1.54, 1.807) is 4.90 Å². The Hall–Kier alpha value is -6.92. The molecule has 0 radical (unpaired) electrons. The zero-order chi connectivity index (χ0) is 44.2. The highest BCUT2D eigenvalue weighted by atomic mass is 16.2. The maximum absolute atomic E-state index is 13.8. The first-order chi connectivity index (χ1) is 30.4. The highest BCUT2D eigenvalue weighted by Crippen LogP contribution is 2.43. The number of hydrazine groups is 1. The normalized spacial score (nSPS) is 18.3. The van der Waals surface area contributed by atoms with Gasteiger partial charge in [0.2, 0.25) is 0 Å². The summed E-state index contributed by atoms with van der Waals surface area (Å²) in [6, 6.07) is 14.1. The fourth-order valence-electron chi connectivity index (χ4n) is 9.32. The third kappa shape index (κ3) is 7.48. The number of carbonyl (C=O) groups excluding carboxylic acids is 1. The van der Waals surface area contributed by atoms with E-state index in [0.29, 0.717) is 35.8 Å². The molecule has 2 unspecified atom stereocenters. The van der Waals surface area contributed by atoms with E-state index >= 15 is 0 Å². The predicted octanol–water partition coefficient (Wildman–Crippen LogP) is 8.81. The van der Waals surface area contributed by atoms with Gasteiger partial charge in [0.25, 0.3) is 5.91 Å². The molecule has 12 nitrogen and oxygen atoms in total. The van der Waals surface area contributed by atoms with Crippen LogP contribution in [0, 0.1) is 0 Å². The summed E-state index contributed by atoms with van der Waals surface area (Å²) >= 11 is 0. The molecule has 4 aromatic heterocycles. The number of nitrogens with one attached hydrogen (secondary N) is 4. The van der Waals surface area contributed by atoms with Gasteiger partial charge in [-0.15, -0.1) is 6.58 Å². The van der Waals surface area contributed by atoms with E-state index in [9.17, 15) is 4.79 Å². The maximum Gasteiger partial charge on any atom is 0.259 e. The minimum atomic E-state index is -0.450. The first-order valence-electron chi connectivity index (χ1n) is 21.9. The van der Waals surface area contributed by atoms with Crippen LogP contribution in [0.15, 0.2) is 130 Å². The number of piperidine rings is 1. The highest BCUT2D eigenvalue weighted by molar-refractivity contribution is 6.10. The number of aromatic nitrogens is 5. The van der Waals surface area contributed by atoms with E-state index in [-0.39, 0.29) is 18.0 Å². The van der Waals surface area contributed by atoms with Crippen molar-refractivity contribution in [2.45, 2.75) is 89.3 Å². The van der Waals surface area contributed by atoms with Gasteiger partial charge in [-0.2, -0.15) is 0 Å². The van der Waals surface area contributed by atoms with Crippen molar-refractivity contribution in [1.82, 2.24) is 50.4 Å². The largest absolute Gasteiger partial charge is 0.382 e. The molecule has 322 valence electrons. The second kappa shape index (κ2) is 16.4. The Morgan fingerprint density at radius 3 is 2.63 bits per heavy atom. The monoisotopic (exact) mass is 839 g/mol. The molecular formula is C51H57N11O. The van der Waals surface area contributed by atoms with Gasteiger partial charge < -0.3 is 30.5 Å². The Kier molecular flexibility index (Phi) is 10.8. The van der Waals surface area contributed by atoms with Gasteiger partial charge in [-0.3, -0.25) is 15.5 Å². The first kappa shape index (κ1) is 41.4. The molecule has 0 spiro atoms. The number of benzene rings is 1. The smallest absolute Gasteiger partial charge is 0.259 e. The lowest BCUT2D eigenvalue weighted by Crippen LogP contribution is -2.46. The molecule has 1 saturated heterocycles. The first-order valence-corrected chi connectivity index (χ1v) is 21.9. The molecule has 63 heavy (non-hydrogen) atoms. The summed E-state index contributed by atoms with van der Waals surface area (Å²) < 4.78 is 2.24. The number of fused-ring (bicyclic) bond motifs is 3. The second-order valence-electron chi connectivity index (χ2n) is 17.7. The number of amides is 1. The van der Waals surface area contributed by atoms with Gasteiger partial charge in [0.15, 0.2) is 5.82 Å². The molecule has 1 amide bonds. The summed E-state index contributed by atoms with van der Waals surface area (Å²) in [5.41, 5.74) is 16.1. The summed E-state index contributed by atoms with van der Waals surface area (Å²) in [5, 5.41) is 8.01. The van der Waals surface area contributed by atoms with Gasteiger partial charge in [0.05, 0.1) is 28.7 Å². The Morgan fingerprint density at radius 2 is 1.87 bits per heavy atom. The SMILES string of the molecule is C=CCCN1C=C(c2cc(C3CC3)nc(-c3ccnc4c3ccn4C(C)(C)C(C)N/C(=C\NN)CCc3cccc4c3C(=C)N(C3CCC(=C)NC3=C)C4=O)n2)c2cc[nH]c2C1=C. The number of H-pyrrole nitrogens is 1. The van der Waals surface area contributed by atoms with Gasteiger partial charge in [-0.25, -0.2) is 15.0 Å².